The van der Waals surface area contributed by atoms with Gasteiger partial charge in [-0.1, -0.05) is 24.8 Å². The first kappa shape index (κ1) is 24.5. The van der Waals surface area contributed by atoms with Crippen LogP contribution in [0.15, 0.2) is 79.8 Å². The van der Waals surface area contributed by atoms with Crippen LogP contribution in [0.2, 0.25) is 0 Å². The van der Waals surface area contributed by atoms with Gasteiger partial charge in [-0.05, 0) is 60.5 Å². The number of aryl methyl sites for hydroxylation is 2. The number of methoxy groups -OCH3 is 1. The monoisotopic (exact) mass is 506 g/mol. The van der Waals surface area contributed by atoms with E-state index in [1.165, 1.54) is 12.4 Å². The number of carbonyl (C=O) groups is 1. The highest BCUT2D eigenvalue weighted by atomic mass is 16.5. The minimum absolute atomic E-state index is 0.276. The Kier molecular flexibility index (Phi) is 6.49. The molecule has 3 heterocycles. The van der Waals surface area contributed by atoms with E-state index in [0.717, 1.165) is 33.5 Å². The molecule has 5 aromatic rings. The van der Waals surface area contributed by atoms with E-state index in [1.54, 1.807) is 13.3 Å². The first-order valence-electron chi connectivity index (χ1n) is 11.8. The second-order valence-electron chi connectivity index (χ2n) is 8.61. The van der Waals surface area contributed by atoms with Crippen LogP contribution in [-0.2, 0) is 11.8 Å². The maximum absolute atomic E-state index is 11.7. The van der Waals surface area contributed by atoms with E-state index in [9.17, 15) is 4.79 Å². The third kappa shape index (κ3) is 4.53. The lowest BCUT2D eigenvalue weighted by Crippen LogP contribution is -2.06. The van der Waals surface area contributed by atoms with Crippen molar-refractivity contribution in [3.63, 3.8) is 0 Å². The molecule has 190 valence electrons. The molecular formula is C29H26N6O3. The van der Waals surface area contributed by atoms with Crippen LogP contribution in [-0.4, -0.2) is 32.5 Å². The minimum Gasteiger partial charge on any atom is -0.493 e. The maximum Gasteiger partial charge on any atom is 0.247 e. The number of anilines is 2. The Morgan fingerprint density at radius 1 is 1.03 bits per heavy atom. The summed E-state index contributed by atoms with van der Waals surface area (Å²) in [6.45, 7) is 5.41. The summed E-state index contributed by atoms with van der Waals surface area (Å²) in [5, 5.41) is 3.50. The van der Waals surface area contributed by atoms with E-state index in [-0.39, 0.29) is 5.91 Å². The number of nitrogen functional groups attached to an aromatic ring is 1. The molecule has 2 aromatic carbocycles. The summed E-state index contributed by atoms with van der Waals surface area (Å²) in [5.41, 5.74) is 12.1. The summed E-state index contributed by atoms with van der Waals surface area (Å²) in [4.78, 5) is 24.8. The van der Waals surface area contributed by atoms with Crippen LogP contribution in [0.3, 0.4) is 0 Å². The molecule has 0 radical (unpaired) electrons. The Hall–Kier alpha value is -5.18. The van der Waals surface area contributed by atoms with Crippen molar-refractivity contribution in [2.75, 3.05) is 18.2 Å². The van der Waals surface area contributed by atoms with Gasteiger partial charge in [0.25, 0.3) is 0 Å². The molecule has 3 N–H and O–H groups in total. The second kappa shape index (κ2) is 10.1. The highest BCUT2D eigenvalue weighted by Gasteiger charge is 2.23. The van der Waals surface area contributed by atoms with Crippen molar-refractivity contribution in [1.82, 2.24) is 19.5 Å². The number of ether oxygens (including phenoxy) is 2. The number of pyridine rings is 1. The third-order valence-corrected chi connectivity index (χ3v) is 6.17. The number of carbonyl (C=O) groups excluding carboxylic acids is 1. The first-order chi connectivity index (χ1) is 18.4. The fourth-order valence-electron chi connectivity index (χ4n) is 4.35. The lowest BCUT2D eigenvalue weighted by atomic mass is 9.98. The smallest absolute Gasteiger partial charge is 0.247 e. The number of benzene rings is 2. The molecule has 3 aromatic heterocycles. The van der Waals surface area contributed by atoms with Crippen molar-refractivity contribution in [3.05, 3.63) is 85.5 Å². The molecule has 0 aliphatic carbocycles. The average Bonchev–Trinajstić information content (AvgIpc) is 3.24. The maximum atomic E-state index is 11.7. The van der Waals surface area contributed by atoms with Crippen LogP contribution in [0, 0.1) is 6.92 Å². The summed E-state index contributed by atoms with van der Waals surface area (Å²) in [7, 11) is 3.53. The minimum atomic E-state index is -0.276. The Labute approximate surface area is 219 Å². The Morgan fingerprint density at radius 2 is 1.79 bits per heavy atom. The second-order valence-corrected chi connectivity index (χ2v) is 8.61. The largest absolute Gasteiger partial charge is 0.493 e. The van der Waals surface area contributed by atoms with Crippen LogP contribution < -0.4 is 20.5 Å². The van der Waals surface area contributed by atoms with Gasteiger partial charge in [0, 0.05) is 24.0 Å². The van der Waals surface area contributed by atoms with Crippen LogP contribution >= 0.6 is 0 Å². The number of fused-ring (bicyclic) bond motifs is 1. The zero-order valence-corrected chi connectivity index (χ0v) is 21.2. The highest BCUT2D eigenvalue weighted by Crippen LogP contribution is 2.44. The summed E-state index contributed by atoms with van der Waals surface area (Å²) in [6, 6.07) is 17.0. The summed E-state index contributed by atoms with van der Waals surface area (Å²) in [6.07, 6.45) is 4.35. The lowest BCUT2D eigenvalue weighted by molar-refractivity contribution is -0.111. The van der Waals surface area contributed by atoms with Crippen LogP contribution in [0.1, 0.15) is 5.69 Å². The van der Waals surface area contributed by atoms with Gasteiger partial charge in [0.05, 0.1) is 24.4 Å². The fraction of sp³-hybridized carbons (Fsp3) is 0.103. The summed E-state index contributed by atoms with van der Waals surface area (Å²) in [5.74, 6) is 1.79. The third-order valence-electron chi connectivity index (χ3n) is 6.17. The molecule has 0 spiro atoms. The molecular weight excluding hydrogens is 480 g/mol. The molecule has 0 fully saturated rings. The van der Waals surface area contributed by atoms with Gasteiger partial charge in [-0.15, -0.1) is 0 Å². The lowest BCUT2D eigenvalue weighted by Gasteiger charge is -2.14. The summed E-state index contributed by atoms with van der Waals surface area (Å²) < 4.78 is 13.7. The van der Waals surface area contributed by atoms with Crippen LogP contribution in [0.5, 0.6) is 17.2 Å². The number of amides is 1. The van der Waals surface area contributed by atoms with Crippen molar-refractivity contribution in [3.8, 4) is 39.6 Å². The number of nitrogens with two attached hydrogens (primary N) is 1. The number of rotatable bonds is 7. The van der Waals surface area contributed by atoms with Gasteiger partial charge in [-0.3, -0.25) is 9.78 Å². The molecule has 9 nitrogen and oxygen atoms in total. The number of hydrogen-bond donors (Lipinski definition) is 2. The van der Waals surface area contributed by atoms with Gasteiger partial charge >= 0.3 is 0 Å². The molecule has 0 bridgehead atoms. The van der Waals surface area contributed by atoms with Gasteiger partial charge in [-0.25, -0.2) is 9.97 Å². The van der Waals surface area contributed by atoms with Crippen molar-refractivity contribution >= 4 is 28.4 Å². The molecule has 0 saturated heterocycles. The van der Waals surface area contributed by atoms with Gasteiger partial charge in [0.1, 0.15) is 23.5 Å². The predicted molar refractivity (Wildman–Crippen MR) is 148 cm³/mol. The van der Waals surface area contributed by atoms with E-state index >= 15 is 0 Å². The zero-order valence-electron chi connectivity index (χ0n) is 21.2. The first-order valence-corrected chi connectivity index (χ1v) is 11.8. The normalized spacial score (nSPS) is 10.8. The summed E-state index contributed by atoms with van der Waals surface area (Å²) >= 11 is 0. The van der Waals surface area contributed by atoms with E-state index in [1.807, 2.05) is 73.1 Å². The Morgan fingerprint density at radius 3 is 2.47 bits per heavy atom. The topological polar surface area (TPSA) is 117 Å². The van der Waals surface area contributed by atoms with Crippen molar-refractivity contribution < 1.29 is 14.3 Å². The number of nitrogens with one attached hydrogen (secondary N) is 1. The van der Waals surface area contributed by atoms with Crippen LogP contribution in [0.4, 0.5) is 11.5 Å². The van der Waals surface area contributed by atoms with Gasteiger partial charge < -0.3 is 25.1 Å². The highest BCUT2D eigenvalue weighted by molar-refractivity contribution is 6.08. The molecule has 0 aliphatic heterocycles. The molecule has 0 aliphatic rings. The number of hydrogen-bond acceptors (Lipinski definition) is 7. The molecule has 0 unspecified atom stereocenters. The van der Waals surface area contributed by atoms with Crippen molar-refractivity contribution in [2.45, 2.75) is 6.92 Å². The van der Waals surface area contributed by atoms with E-state index in [2.05, 4.69) is 26.8 Å². The average molecular weight is 507 g/mol. The van der Waals surface area contributed by atoms with Crippen LogP contribution in [0.25, 0.3) is 33.4 Å². The fourth-order valence-corrected chi connectivity index (χ4v) is 4.35. The number of nitrogens with zero attached hydrogens (tertiary/aromatic N) is 4. The Balaban J connectivity index is 1.64. The van der Waals surface area contributed by atoms with Gasteiger partial charge in [0.15, 0.2) is 11.5 Å². The molecule has 38 heavy (non-hydrogen) atoms. The Bertz CT molecular complexity index is 1660. The van der Waals surface area contributed by atoms with E-state index in [4.69, 9.17) is 15.2 Å². The van der Waals surface area contributed by atoms with E-state index in [0.29, 0.717) is 34.4 Å². The quantitative estimate of drug-likeness (QED) is 0.279. The van der Waals surface area contributed by atoms with Gasteiger partial charge in [-0.2, -0.15) is 0 Å². The van der Waals surface area contributed by atoms with Crippen molar-refractivity contribution in [2.24, 2.45) is 7.05 Å². The molecule has 0 saturated carbocycles. The van der Waals surface area contributed by atoms with Crippen molar-refractivity contribution in [1.29, 1.82) is 0 Å². The van der Waals surface area contributed by atoms with E-state index < -0.39 is 0 Å². The molecule has 9 heteroatoms. The SMILES string of the molecule is C=CC(=O)Nc1ccc(-c2c(-c3ccc(Oc4ccc(C)nc4)c(OC)c3)c3c(N)ncnc3n2C)cc1. The molecule has 0 atom stereocenters. The standard InChI is InChI=1S/C29H26N6O3/c1-5-24(36)34-20-10-7-18(8-11-20)27-25(26-28(30)32-16-33-29(26)35(27)3)19-9-13-22(23(14-19)37-4)38-21-12-6-17(2)31-15-21/h5-16H,1H2,2-4H3,(H,34,36)(H2,30,32,33). The molecule has 5 rings (SSSR count). The molecule has 1 amide bonds. The predicted octanol–water partition coefficient (Wildman–Crippen LogP) is 5.51. The van der Waals surface area contributed by atoms with Gasteiger partial charge in [0.2, 0.25) is 5.91 Å². The zero-order chi connectivity index (χ0) is 26.8. The number of aromatic nitrogens is 4.